The normalized spacial score (nSPS) is 21.7. The lowest BCUT2D eigenvalue weighted by Gasteiger charge is -2.40. The number of hydrogen-bond acceptors (Lipinski definition) is 4. The Morgan fingerprint density at radius 3 is 2.57 bits per heavy atom. The van der Waals surface area contributed by atoms with Crippen LogP contribution in [0.5, 0.6) is 0 Å². The summed E-state index contributed by atoms with van der Waals surface area (Å²) in [6, 6.07) is 0.0786. The van der Waals surface area contributed by atoms with E-state index < -0.39 is 5.60 Å². The minimum atomic E-state index is -0.444. The van der Waals surface area contributed by atoms with Crippen LogP contribution in [0.1, 0.15) is 27.2 Å². The number of nitrogens with two attached hydrogens (primary N) is 1. The van der Waals surface area contributed by atoms with Gasteiger partial charge in [-0.25, -0.2) is 10.7 Å². The summed E-state index contributed by atoms with van der Waals surface area (Å²) in [6.45, 7) is 6.64. The molecule has 0 spiro atoms. The lowest BCUT2D eigenvalue weighted by molar-refractivity contribution is -0.0285. The van der Waals surface area contributed by atoms with Gasteiger partial charge >= 0.3 is 6.09 Å². The average molecular weight is 202 g/mol. The standard InChI is InChI=1S/C9H18N2O3/c1-9(2,3)14-8(12)11-5-4-7(11)6-13-10/h7H,4-6,10H2,1-3H3. The van der Waals surface area contributed by atoms with Crippen molar-refractivity contribution in [2.45, 2.75) is 38.8 Å². The van der Waals surface area contributed by atoms with E-state index in [1.165, 1.54) is 0 Å². The Morgan fingerprint density at radius 1 is 1.57 bits per heavy atom. The predicted octanol–water partition coefficient (Wildman–Crippen LogP) is 0.886. The fraction of sp³-hybridized carbons (Fsp3) is 0.889. The van der Waals surface area contributed by atoms with E-state index in [2.05, 4.69) is 4.84 Å². The Hall–Kier alpha value is -0.810. The van der Waals surface area contributed by atoms with E-state index in [4.69, 9.17) is 10.6 Å². The highest BCUT2D eigenvalue weighted by atomic mass is 16.6. The molecule has 5 nitrogen and oxygen atoms in total. The molecule has 1 atom stereocenters. The highest BCUT2D eigenvalue weighted by Crippen LogP contribution is 2.20. The topological polar surface area (TPSA) is 64.8 Å². The Balaban J connectivity index is 2.38. The third-order valence-corrected chi connectivity index (χ3v) is 2.06. The SMILES string of the molecule is CC(C)(C)OC(=O)N1CCC1CON. The number of ether oxygens (including phenoxy) is 1. The summed E-state index contributed by atoms with van der Waals surface area (Å²) in [5.41, 5.74) is -0.444. The van der Waals surface area contributed by atoms with Crippen LogP contribution < -0.4 is 5.90 Å². The monoisotopic (exact) mass is 202 g/mol. The number of rotatable bonds is 2. The van der Waals surface area contributed by atoms with E-state index >= 15 is 0 Å². The zero-order valence-corrected chi connectivity index (χ0v) is 8.95. The first kappa shape index (κ1) is 11.3. The molecule has 0 aromatic carbocycles. The van der Waals surface area contributed by atoms with Crippen LogP contribution in [-0.4, -0.2) is 35.8 Å². The second kappa shape index (κ2) is 4.14. The molecule has 1 amide bonds. The minimum absolute atomic E-state index is 0.0786. The first-order valence-corrected chi connectivity index (χ1v) is 4.75. The van der Waals surface area contributed by atoms with Crippen LogP contribution in [0.2, 0.25) is 0 Å². The number of carbonyl (C=O) groups is 1. The van der Waals surface area contributed by atoms with Crippen molar-refractivity contribution in [1.29, 1.82) is 0 Å². The number of likely N-dealkylation sites (tertiary alicyclic amines) is 1. The molecule has 5 heteroatoms. The zero-order valence-electron chi connectivity index (χ0n) is 8.95. The van der Waals surface area contributed by atoms with Crippen LogP contribution in [-0.2, 0) is 9.57 Å². The Kier molecular flexibility index (Phi) is 3.34. The molecule has 1 rings (SSSR count). The molecule has 0 radical (unpaired) electrons. The van der Waals surface area contributed by atoms with E-state index in [9.17, 15) is 4.79 Å². The molecule has 1 aliphatic heterocycles. The molecule has 0 saturated carbocycles. The summed E-state index contributed by atoms with van der Waals surface area (Å²) in [5, 5.41) is 0. The van der Waals surface area contributed by atoms with Crippen molar-refractivity contribution in [2.24, 2.45) is 5.90 Å². The van der Waals surface area contributed by atoms with E-state index in [0.717, 1.165) is 13.0 Å². The molecule has 1 unspecified atom stereocenters. The van der Waals surface area contributed by atoms with Crippen molar-refractivity contribution in [3.63, 3.8) is 0 Å². The van der Waals surface area contributed by atoms with Crippen molar-refractivity contribution in [3.8, 4) is 0 Å². The van der Waals surface area contributed by atoms with E-state index in [-0.39, 0.29) is 12.1 Å². The molecule has 1 fully saturated rings. The molecule has 82 valence electrons. The van der Waals surface area contributed by atoms with Gasteiger partial charge < -0.3 is 14.5 Å². The lowest BCUT2D eigenvalue weighted by Crippen LogP contribution is -2.54. The highest BCUT2D eigenvalue weighted by Gasteiger charge is 2.35. The molecule has 0 bridgehead atoms. The van der Waals surface area contributed by atoms with Crippen LogP contribution in [0.25, 0.3) is 0 Å². The largest absolute Gasteiger partial charge is 0.444 e. The van der Waals surface area contributed by atoms with Gasteiger partial charge in [0.05, 0.1) is 12.6 Å². The minimum Gasteiger partial charge on any atom is -0.444 e. The van der Waals surface area contributed by atoms with Crippen molar-refractivity contribution < 1.29 is 14.4 Å². The Bertz CT molecular complexity index is 213. The fourth-order valence-corrected chi connectivity index (χ4v) is 1.29. The molecular formula is C9H18N2O3. The van der Waals surface area contributed by atoms with Gasteiger partial charge in [-0.3, -0.25) is 0 Å². The van der Waals surface area contributed by atoms with Crippen LogP contribution in [0.4, 0.5) is 4.79 Å². The third kappa shape index (κ3) is 2.85. The van der Waals surface area contributed by atoms with Crippen molar-refractivity contribution in [3.05, 3.63) is 0 Å². The maximum Gasteiger partial charge on any atom is 0.410 e. The van der Waals surface area contributed by atoms with Gasteiger partial charge in [0, 0.05) is 6.54 Å². The summed E-state index contributed by atoms with van der Waals surface area (Å²) < 4.78 is 5.21. The zero-order chi connectivity index (χ0) is 10.8. The molecule has 1 aliphatic rings. The second-order valence-electron chi connectivity index (χ2n) is 4.45. The molecule has 0 aliphatic carbocycles. The fourth-order valence-electron chi connectivity index (χ4n) is 1.29. The molecular weight excluding hydrogens is 184 g/mol. The van der Waals surface area contributed by atoms with Crippen LogP contribution in [0.3, 0.4) is 0 Å². The molecule has 2 N–H and O–H groups in total. The number of nitrogens with zero attached hydrogens (tertiary/aromatic N) is 1. The quantitative estimate of drug-likeness (QED) is 0.675. The molecule has 1 heterocycles. The van der Waals surface area contributed by atoms with Gasteiger partial charge in [0.1, 0.15) is 5.60 Å². The van der Waals surface area contributed by atoms with Crippen LogP contribution in [0.15, 0.2) is 0 Å². The average Bonchev–Trinajstić information content (AvgIpc) is 1.93. The van der Waals surface area contributed by atoms with Gasteiger partial charge in [0.15, 0.2) is 0 Å². The first-order valence-electron chi connectivity index (χ1n) is 4.75. The lowest BCUT2D eigenvalue weighted by atomic mass is 10.1. The van der Waals surface area contributed by atoms with Gasteiger partial charge in [0.2, 0.25) is 0 Å². The van der Waals surface area contributed by atoms with E-state index in [1.807, 2.05) is 20.8 Å². The van der Waals surface area contributed by atoms with Crippen molar-refractivity contribution in [1.82, 2.24) is 4.90 Å². The van der Waals surface area contributed by atoms with E-state index in [1.54, 1.807) is 4.90 Å². The summed E-state index contributed by atoms with van der Waals surface area (Å²) in [5.74, 6) is 4.95. The number of hydrogen-bond donors (Lipinski definition) is 1. The van der Waals surface area contributed by atoms with Crippen LogP contribution >= 0.6 is 0 Å². The maximum atomic E-state index is 11.5. The van der Waals surface area contributed by atoms with Gasteiger partial charge in [0.25, 0.3) is 0 Å². The van der Waals surface area contributed by atoms with Gasteiger partial charge in [-0.2, -0.15) is 0 Å². The van der Waals surface area contributed by atoms with E-state index in [0.29, 0.717) is 6.61 Å². The molecule has 0 aromatic rings. The van der Waals surface area contributed by atoms with Gasteiger partial charge in [-0.05, 0) is 27.2 Å². The van der Waals surface area contributed by atoms with Gasteiger partial charge in [-0.15, -0.1) is 0 Å². The van der Waals surface area contributed by atoms with Crippen molar-refractivity contribution in [2.75, 3.05) is 13.2 Å². The maximum absolute atomic E-state index is 11.5. The summed E-state index contributed by atoms with van der Waals surface area (Å²) in [7, 11) is 0. The van der Waals surface area contributed by atoms with Crippen LogP contribution in [0, 0.1) is 0 Å². The molecule has 1 saturated heterocycles. The number of amides is 1. The first-order chi connectivity index (χ1) is 6.44. The molecule has 0 aromatic heterocycles. The second-order valence-corrected chi connectivity index (χ2v) is 4.45. The Morgan fingerprint density at radius 2 is 2.21 bits per heavy atom. The number of carbonyl (C=O) groups excluding carboxylic acids is 1. The highest BCUT2D eigenvalue weighted by molar-refractivity contribution is 5.69. The van der Waals surface area contributed by atoms with Crippen molar-refractivity contribution >= 4 is 6.09 Å². The van der Waals surface area contributed by atoms with Gasteiger partial charge in [-0.1, -0.05) is 0 Å². The third-order valence-electron chi connectivity index (χ3n) is 2.06. The smallest absolute Gasteiger partial charge is 0.410 e. The Labute approximate surface area is 84.1 Å². The molecule has 14 heavy (non-hydrogen) atoms. The summed E-state index contributed by atoms with van der Waals surface area (Å²) >= 11 is 0. The predicted molar refractivity (Wildman–Crippen MR) is 51.5 cm³/mol. The summed E-state index contributed by atoms with van der Waals surface area (Å²) in [6.07, 6.45) is 0.641. The summed E-state index contributed by atoms with van der Waals surface area (Å²) in [4.78, 5) is 17.7.